The van der Waals surface area contributed by atoms with Gasteiger partial charge in [0.25, 0.3) is 0 Å². The summed E-state index contributed by atoms with van der Waals surface area (Å²) in [5.41, 5.74) is -0.958. The Labute approximate surface area is 181 Å². The van der Waals surface area contributed by atoms with Crippen molar-refractivity contribution in [2.45, 2.75) is 38.9 Å². The highest BCUT2D eigenvalue weighted by atomic mass is 127. The van der Waals surface area contributed by atoms with E-state index in [1.807, 2.05) is 6.92 Å². The number of aliphatic imine (C=N–C) groups is 1. The maximum absolute atomic E-state index is 12.7. The van der Waals surface area contributed by atoms with Crippen LogP contribution in [0.5, 0.6) is 0 Å². The molecule has 0 bridgehead atoms. The van der Waals surface area contributed by atoms with Crippen molar-refractivity contribution in [2.75, 3.05) is 44.6 Å². The number of rotatable bonds is 8. The number of halogens is 4. The first-order valence-electron chi connectivity index (χ1n) is 9.34. The smallest absolute Gasteiger partial charge is 0.357 e. The molecule has 2 heterocycles. The van der Waals surface area contributed by atoms with E-state index in [0.717, 1.165) is 44.9 Å². The van der Waals surface area contributed by atoms with Gasteiger partial charge in [-0.05, 0) is 38.9 Å². The van der Waals surface area contributed by atoms with Crippen LogP contribution in [0.4, 0.5) is 19.1 Å². The van der Waals surface area contributed by atoms with Crippen molar-refractivity contribution < 1.29 is 13.2 Å². The van der Waals surface area contributed by atoms with E-state index < -0.39 is 11.9 Å². The van der Waals surface area contributed by atoms with E-state index in [2.05, 4.69) is 42.7 Å². The van der Waals surface area contributed by atoms with Gasteiger partial charge in [-0.1, -0.05) is 6.92 Å². The number of aromatic nitrogens is 2. The van der Waals surface area contributed by atoms with Crippen LogP contribution in [0.1, 0.15) is 32.4 Å². The summed E-state index contributed by atoms with van der Waals surface area (Å²) in [5, 5.41) is 9.14. The number of nitrogens with one attached hydrogen (secondary N) is 3. The average molecular weight is 515 g/mol. The molecule has 1 aromatic rings. The van der Waals surface area contributed by atoms with Gasteiger partial charge in [-0.2, -0.15) is 13.2 Å². The van der Waals surface area contributed by atoms with Gasteiger partial charge in [0.05, 0.1) is 6.54 Å². The van der Waals surface area contributed by atoms with Crippen LogP contribution < -0.4 is 16.0 Å². The quantitative estimate of drug-likeness (QED) is 0.214. The Morgan fingerprint density at radius 1 is 1.29 bits per heavy atom. The maximum atomic E-state index is 12.7. The Morgan fingerprint density at radius 2 is 2.07 bits per heavy atom. The van der Waals surface area contributed by atoms with Crippen LogP contribution in [0, 0.1) is 0 Å². The summed E-state index contributed by atoms with van der Waals surface area (Å²) in [5.74, 6) is 0.658. The lowest BCUT2D eigenvalue weighted by atomic mass is 10.2. The third-order valence-corrected chi connectivity index (χ3v) is 4.36. The highest BCUT2D eigenvalue weighted by molar-refractivity contribution is 14.0. The second-order valence-electron chi connectivity index (χ2n) is 6.26. The zero-order valence-electron chi connectivity index (χ0n) is 16.2. The van der Waals surface area contributed by atoms with Crippen LogP contribution in [0.2, 0.25) is 0 Å². The van der Waals surface area contributed by atoms with E-state index in [9.17, 15) is 13.2 Å². The molecule has 0 amide bonds. The minimum atomic E-state index is -4.48. The van der Waals surface area contributed by atoms with Gasteiger partial charge in [-0.25, -0.2) is 9.97 Å². The van der Waals surface area contributed by atoms with Gasteiger partial charge in [-0.15, -0.1) is 24.0 Å². The van der Waals surface area contributed by atoms with Crippen molar-refractivity contribution in [2.24, 2.45) is 4.99 Å². The molecule has 0 aromatic carbocycles. The monoisotopic (exact) mass is 515 g/mol. The number of guanidine groups is 1. The summed E-state index contributed by atoms with van der Waals surface area (Å²) < 4.78 is 38.0. The predicted octanol–water partition coefficient (Wildman–Crippen LogP) is 2.56. The lowest BCUT2D eigenvalue weighted by Gasteiger charge is -2.21. The molecule has 1 unspecified atom stereocenters. The standard InChI is InChI=1S/C17H28F3N7.HI/c1-3-21-15(25-12-13-6-5-11-27(13)4-2)23-9-10-24-16-22-8-7-14(26-16)17(18,19)20;/h7-8,13H,3-6,9-12H2,1-2H3,(H2,21,23,25)(H,22,24,26);1H. The number of hydrogen-bond donors (Lipinski definition) is 3. The Balaban J connectivity index is 0.00000392. The molecule has 1 fully saturated rings. The van der Waals surface area contributed by atoms with E-state index in [1.165, 1.54) is 6.42 Å². The molecule has 2 rings (SSSR count). The van der Waals surface area contributed by atoms with Crippen molar-refractivity contribution in [1.29, 1.82) is 0 Å². The number of nitrogens with zero attached hydrogens (tertiary/aromatic N) is 4. The molecule has 1 atom stereocenters. The molecule has 1 saturated heterocycles. The molecular weight excluding hydrogens is 486 g/mol. The Kier molecular flexibility index (Phi) is 10.8. The molecule has 11 heteroatoms. The molecule has 1 aromatic heterocycles. The number of alkyl halides is 3. The van der Waals surface area contributed by atoms with Crippen LogP contribution in [0.3, 0.4) is 0 Å². The average Bonchev–Trinajstić information content (AvgIpc) is 3.10. The number of hydrogen-bond acceptors (Lipinski definition) is 5. The zero-order valence-corrected chi connectivity index (χ0v) is 18.6. The van der Waals surface area contributed by atoms with E-state index in [0.29, 0.717) is 25.1 Å². The molecule has 7 nitrogen and oxygen atoms in total. The summed E-state index contributed by atoms with van der Waals surface area (Å²) in [6.45, 7) is 8.62. The molecule has 3 N–H and O–H groups in total. The molecule has 0 aliphatic carbocycles. The van der Waals surface area contributed by atoms with E-state index in [4.69, 9.17) is 0 Å². The van der Waals surface area contributed by atoms with Crippen LogP contribution in [-0.4, -0.2) is 66.1 Å². The summed E-state index contributed by atoms with van der Waals surface area (Å²) in [7, 11) is 0. The van der Waals surface area contributed by atoms with Crippen molar-refractivity contribution in [3.63, 3.8) is 0 Å². The molecular formula is C17H29F3IN7. The van der Waals surface area contributed by atoms with Gasteiger partial charge in [0.1, 0.15) is 5.69 Å². The van der Waals surface area contributed by atoms with Gasteiger partial charge in [0.15, 0.2) is 5.96 Å². The fraction of sp³-hybridized carbons (Fsp3) is 0.706. The van der Waals surface area contributed by atoms with Crippen molar-refractivity contribution in [3.05, 3.63) is 18.0 Å². The third kappa shape index (κ3) is 7.94. The Hall–Kier alpha value is -1.37. The molecule has 0 spiro atoms. The van der Waals surface area contributed by atoms with Gasteiger partial charge >= 0.3 is 6.18 Å². The van der Waals surface area contributed by atoms with E-state index >= 15 is 0 Å². The molecule has 0 saturated carbocycles. The lowest BCUT2D eigenvalue weighted by Crippen LogP contribution is -2.41. The highest BCUT2D eigenvalue weighted by Crippen LogP contribution is 2.27. The van der Waals surface area contributed by atoms with Crippen LogP contribution in [-0.2, 0) is 6.18 Å². The number of anilines is 1. The largest absolute Gasteiger partial charge is 0.433 e. The topological polar surface area (TPSA) is 77.5 Å². The summed E-state index contributed by atoms with van der Waals surface area (Å²) in [6.07, 6.45) is -1.02. The number of likely N-dealkylation sites (N-methyl/N-ethyl adjacent to an activating group) is 1. The predicted molar refractivity (Wildman–Crippen MR) is 115 cm³/mol. The minimum Gasteiger partial charge on any atom is -0.357 e. The second-order valence-corrected chi connectivity index (χ2v) is 6.26. The first kappa shape index (κ1) is 24.7. The fourth-order valence-corrected chi connectivity index (χ4v) is 3.01. The van der Waals surface area contributed by atoms with E-state index in [1.54, 1.807) is 0 Å². The first-order valence-corrected chi connectivity index (χ1v) is 9.34. The number of likely N-dealkylation sites (tertiary alicyclic amines) is 1. The van der Waals surface area contributed by atoms with Crippen molar-refractivity contribution >= 4 is 35.9 Å². The van der Waals surface area contributed by atoms with Crippen LogP contribution >= 0.6 is 24.0 Å². The Morgan fingerprint density at radius 3 is 2.75 bits per heavy atom. The van der Waals surface area contributed by atoms with Crippen LogP contribution in [0.15, 0.2) is 17.3 Å². The van der Waals surface area contributed by atoms with Crippen LogP contribution in [0.25, 0.3) is 0 Å². The van der Waals surface area contributed by atoms with Crippen molar-refractivity contribution in [3.8, 4) is 0 Å². The normalized spacial score (nSPS) is 17.9. The summed E-state index contributed by atoms with van der Waals surface area (Å²) >= 11 is 0. The SMILES string of the molecule is CCNC(=NCC1CCCN1CC)NCCNc1nccc(C(F)(F)F)n1.I. The molecule has 1 aliphatic rings. The van der Waals surface area contributed by atoms with Gasteiger partial charge in [0, 0.05) is 31.9 Å². The Bertz CT molecular complexity index is 613. The molecule has 0 radical (unpaired) electrons. The summed E-state index contributed by atoms with van der Waals surface area (Å²) in [4.78, 5) is 14.3. The third-order valence-electron chi connectivity index (χ3n) is 4.36. The van der Waals surface area contributed by atoms with Gasteiger partial charge in [-0.3, -0.25) is 9.89 Å². The van der Waals surface area contributed by atoms with E-state index in [-0.39, 0.29) is 29.9 Å². The highest BCUT2D eigenvalue weighted by Gasteiger charge is 2.32. The van der Waals surface area contributed by atoms with Gasteiger partial charge in [0.2, 0.25) is 5.95 Å². The molecule has 28 heavy (non-hydrogen) atoms. The maximum Gasteiger partial charge on any atom is 0.433 e. The second kappa shape index (κ2) is 12.2. The van der Waals surface area contributed by atoms with Crippen molar-refractivity contribution in [1.82, 2.24) is 25.5 Å². The molecule has 160 valence electrons. The van der Waals surface area contributed by atoms with Gasteiger partial charge < -0.3 is 16.0 Å². The minimum absolute atomic E-state index is 0. The zero-order chi connectivity index (χ0) is 19.7. The fourth-order valence-electron chi connectivity index (χ4n) is 3.01. The summed E-state index contributed by atoms with van der Waals surface area (Å²) in [6, 6.07) is 1.32. The lowest BCUT2D eigenvalue weighted by molar-refractivity contribution is -0.141. The molecule has 1 aliphatic heterocycles. The first-order chi connectivity index (χ1) is 12.9.